The highest BCUT2D eigenvalue weighted by Crippen LogP contribution is 2.13. The van der Waals surface area contributed by atoms with E-state index in [1.165, 1.54) is 31.2 Å². The molecule has 0 aliphatic carbocycles. The van der Waals surface area contributed by atoms with E-state index < -0.39 is 17.9 Å². The summed E-state index contributed by atoms with van der Waals surface area (Å²) >= 11 is 0. The van der Waals surface area contributed by atoms with E-state index in [4.69, 9.17) is 9.47 Å². The summed E-state index contributed by atoms with van der Waals surface area (Å²) in [6.45, 7) is 1.59. The number of nitrogens with one attached hydrogen (secondary N) is 1. The van der Waals surface area contributed by atoms with Crippen LogP contribution in [0, 0.1) is 5.82 Å². The van der Waals surface area contributed by atoms with Gasteiger partial charge in [-0.25, -0.2) is 9.18 Å². The summed E-state index contributed by atoms with van der Waals surface area (Å²) in [5, 5.41) is 2.68. The van der Waals surface area contributed by atoms with Gasteiger partial charge in [0, 0.05) is 6.54 Å². The van der Waals surface area contributed by atoms with Gasteiger partial charge in [0.15, 0.2) is 12.7 Å². The fourth-order valence-electron chi connectivity index (χ4n) is 2.06. The normalized spacial score (nSPS) is 11.4. The van der Waals surface area contributed by atoms with E-state index in [1.807, 2.05) is 30.3 Å². The molecule has 132 valence electrons. The number of carbonyl (C=O) groups is 2. The summed E-state index contributed by atoms with van der Waals surface area (Å²) < 4.78 is 23.1. The van der Waals surface area contributed by atoms with Crippen molar-refractivity contribution < 1.29 is 23.5 Å². The number of carbonyl (C=O) groups excluding carboxylic acids is 2. The quantitative estimate of drug-likeness (QED) is 0.747. The number of rotatable bonds is 8. The van der Waals surface area contributed by atoms with Crippen LogP contribution in [-0.4, -0.2) is 31.1 Å². The predicted molar refractivity (Wildman–Crippen MR) is 90.6 cm³/mol. The van der Waals surface area contributed by atoms with Crippen LogP contribution in [0.4, 0.5) is 4.39 Å². The molecular weight excluding hydrogens is 325 g/mol. The largest absolute Gasteiger partial charge is 0.479 e. The molecule has 0 bridgehead atoms. The fraction of sp³-hybridized carbons (Fsp3) is 0.263. The minimum atomic E-state index is -0.900. The first-order chi connectivity index (χ1) is 12.0. The maximum atomic E-state index is 12.8. The maximum Gasteiger partial charge on any atom is 0.347 e. The van der Waals surface area contributed by atoms with Crippen molar-refractivity contribution in [3.63, 3.8) is 0 Å². The maximum absolute atomic E-state index is 12.8. The molecule has 0 spiro atoms. The zero-order chi connectivity index (χ0) is 18.1. The Morgan fingerprint density at radius 2 is 1.76 bits per heavy atom. The predicted octanol–water partition coefficient (Wildman–Crippen LogP) is 2.50. The van der Waals surface area contributed by atoms with Gasteiger partial charge in [0.05, 0.1) is 0 Å². The van der Waals surface area contributed by atoms with E-state index in [0.717, 1.165) is 5.56 Å². The van der Waals surface area contributed by atoms with Gasteiger partial charge in [-0.3, -0.25) is 4.79 Å². The number of ether oxygens (including phenoxy) is 2. The van der Waals surface area contributed by atoms with Gasteiger partial charge >= 0.3 is 5.97 Å². The molecule has 1 atom stereocenters. The van der Waals surface area contributed by atoms with Crippen molar-refractivity contribution in [1.29, 1.82) is 0 Å². The van der Waals surface area contributed by atoms with Crippen molar-refractivity contribution in [1.82, 2.24) is 5.32 Å². The molecule has 0 aromatic heterocycles. The van der Waals surface area contributed by atoms with Crippen LogP contribution in [0.1, 0.15) is 12.5 Å². The van der Waals surface area contributed by atoms with E-state index in [2.05, 4.69) is 5.32 Å². The van der Waals surface area contributed by atoms with Crippen molar-refractivity contribution in [2.75, 3.05) is 13.2 Å². The first-order valence-electron chi connectivity index (χ1n) is 7.94. The Hall–Kier alpha value is -2.89. The zero-order valence-corrected chi connectivity index (χ0v) is 13.9. The molecule has 2 aromatic rings. The smallest absolute Gasteiger partial charge is 0.347 e. The molecule has 5 nitrogen and oxygen atoms in total. The van der Waals surface area contributed by atoms with Gasteiger partial charge in [-0.15, -0.1) is 0 Å². The molecule has 0 saturated heterocycles. The Morgan fingerprint density at radius 3 is 2.44 bits per heavy atom. The van der Waals surface area contributed by atoms with E-state index in [1.54, 1.807) is 0 Å². The molecule has 0 unspecified atom stereocenters. The average molecular weight is 345 g/mol. The monoisotopic (exact) mass is 345 g/mol. The van der Waals surface area contributed by atoms with Crippen LogP contribution in [0.25, 0.3) is 0 Å². The number of benzene rings is 2. The summed E-state index contributed by atoms with van der Waals surface area (Å²) in [6, 6.07) is 15.0. The van der Waals surface area contributed by atoms with E-state index in [0.29, 0.717) is 18.7 Å². The molecular formula is C19H20FNO4. The van der Waals surface area contributed by atoms with Crippen molar-refractivity contribution in [3.8, 4) is 5.75 Å². The van der Waals surface area contributed by atoms with Gasteiger partial charge in [0.25, 0.3) is 5.91 Å². The summed E-state index contributed by atoms with van der Waals surface area (Å²) in [5.74, 6) is -1.09. The highest BCUT2D eigenvalue weighted by atomic mass is 19.1. The molecule has 0 saturated carbocycles. The standard InChI is InChI=1S/C19H20FNO4/c1-14(25-17-9-7-16(20)8-10-17)19(23)24-13-18(22)21-12-11-15-5-3-2-4-6-15/h2-10,14H,11-13H2,1H3,(H,21,22)/t14-/m1/s1. The van der Waals surface area contributed by atoms with Crippen LogP contribution in [0.3, 0.4) is 0 Å². The van der Waals surface area contributed by atoms with Crippen LogP contribution < -0.4 is 10.1 Å². The Labute approximate surface area is 145 Å². The van der Waals surface area contributed by atoms with Gasteiger partial charge in [-0.05, 0) is 43.2 Å². The molecule has 0 heterocycles. The lowest BCUT2D eigenvalue weighted by Gasteiger charge is -2.14. The van der Waals surface area contributed by atoms with Crippen molar-refractivity contribution in [2.24, 2.45) is 0 Å². The molecule has 2 aromatic carbocycles. The summed E-state index contributed by atoms with van der Waals surface area (Å²) in [7, 11) is 0. The summed E-state index contributed by atoms with van der Waals surface area (Å²) in [5.41, 5.74) is 1.11. The van der Waals surface area contributed by atoms with E-state index in [9.17, 15) is 14.0 Å². The molecule has 0 radical (unpaired) electrons. The number of halogens is 1. The first-order valence-corrected chi connectivity index (χ1v) is 7.94. The third kappa shape index (κ3) is 6.63. The highest BCUT2D eigenvalue weighted by Gasteiger charge is 2.17. The van der Waals surface area contributed by atoms with E-state index in [-0.39, 0.29) is 12.5 Å². The Kier molecular flexibility index (Phi) is 6.95. The lowest BCUT2D eigenvalue weighted by atomic mass is 10.1. The highest BCUT2D eigenvalue weighted by molar-refractivity contribution is 5.81. The number of esters is 1. The number of hydrogen-bond acceptors (Lipinski definition) is 4. The summed E-state index contributed by atoms with van der Waals surface area (Å²) in [6.07, 6.45) is -0.201. The van der Waals surface area contributed by atoms with Gasteiger partial charge in [0.2, 0.25) is 0 Å². The topological polar surface area (TPSA) is 64.6 Å². The third-order valence-corrected chi connectivity index (χ3v) is 3.38. The second kappa shape index (κ2) is 9.42. The Morgan fingerprint density at radius 1 is 1.08 bits per heavy atom. The van der Waals surface area contributed by atoms with Crippen LogP contribution in [0.15, 0.2) is 54.6 Å². The second-order valence-electron chi connectivity index (χ2n) is 5.41. The van der Waals surface area contributed by atoms with Gasteiger partial charge in [-0.1, -0.05) is 30.3 Å². The van der Waals surface area contributed by atoms with Gasteiger partial charge in [0.1, 0.15) is 11.6 Å². The molecule has 1 amide bonds. The lowest BCUT2D eigenvalue weighted by Crippen LogP contribution is -2.33. The molecule has 0 fully saturated rings. The molecule has 25 heavy (non-hydrogen) atoms. The van der Waals surface area contributed by atoms with Crippen LogP contribution >= 0.6 is 0 Å². The van der Waals surface area contributed by atoms with Crippen molar-refractivity contribution >= 4 is 11.9 Å². The van der Waals surface area contributed by atoms with Crippen LogP contribution in [0.2, 0.25) is 0 Å². The van der Waals surface area contributed by atoms with Crippen molar-refractivity contribution in [2.45, 2.75) is 19.4 Å². The minimum Gasteiger partial charge on any atom is -0.479 e. The zero-order valence-electron chi connectivity index (χ0n) is 13.9. The lowest BCUT2D eigenvalue weighted by molar-refractivity contribution is -0.154. The van der Waals surface area contributed by atoms with Gasteiger partial charge < -0.3 is 14.8 Å². The fourth-order valence-corrected chi connectivity index (χ4v) is 2.06. The SMILES string of the molecule is C[C@@H](Oc1ccc(F)cc1)C(=O)OCC(=O)NCCc1ccccc1. The molecule has 2 rings (SSSR count). The number of amides is 1. The average Bonchev–Trinajstić information content (AvgIpc) is 2.62. The molecule has 0 aliphatic rings. The van der Waals surface area contributed by atoms with Gasteiger partial charge in [-0.2, -0.15) is 0 Å². The Balaban J connectivity index is 1.66. The molecule has 6 heteroatoms. The van der Waals surface area contributed by atoms with Crippen LogP contribution in [0.5, 0.6) is 5.75 Å². The third-order valence-electron chi connectivity index (χ3n) is 3.38. The number of hydrogen-bond donors (Lipinski definition) is 1. The first kappa shape index (κ1) is 18.4. The molecule has 1 N–H and O–H groups in total. The Bertz CT molecular complexity index is 688. The van der Waals surface area contributed by atoms with Crippen LogP contribution in [-0.2, 0) is 20.7 Å². The molecule has 0 aliphatic heterocycles. The minimum absolute atomic E-state index is 0.346. The van der Waals surface area contributed by atoms with Crippen molar-refractivity contribution in [3.05, 3.63) is 66.0 Å². The summed E-state index contributed by atoms with van der Waals surface area (Å²) in [4.78, 5) is 23.5. The van der Waals surface area contributed by atoms with E-state index >= 15 is 0 Å². The second-order valence-corrected chi connectivity index (χ2v) is 5.41.